The van der Waals surface area contributed by atoms with E-state index in [-0.39, 0.29) is 24.9 Å². The predicted molar refractivity (Wildman–Crippen MR) is 173 cm³/mol. The van der Waals surface area contributed by atoms with Crippen LogP contribution in [-0.2, 0) is 16.0 Å². The van der Waals surface area contributed by atoms with Gasteiger partial charge in [0.1, 0.15) is 11.9 Å². The topological polar surface area (TPSA) is 141 Å². The van der Waals surface area contributed by atoms with Crippen molar-refractivity contribution in [2.45, 2.75) is 37.3 Å². The fraction of sp³-hybridized carbons (Fsp3) is 0.257. The van der Waals surface area contributed by atoms with Gasteiger partial charge in [0.15, 0.2) is 5.54 Å². The molecular weight excluding hydrogens is 568 g/mol. The van der Waals surface area contributed by atoms with Crippen LogP contribution in [0.2, 0.25) is 0 Å². The predicted octanol–water partition coefficient (Wildman–Crippen LogP) is 5.99. The van der Waals surface area contributed by atoms with Crippen LogP contribution in [0.5, 0.6) is 5.75 Å². The van der Waals surface area contributed by atoms with Crippen molar-refractivity contribution in [2.24, 2.45) is 10.1 Å². The summed E-state index contributed by atoms with van der Waals surface area (Å²) in [6, 6.07) is 34.7. The number of aliphatic imine (C=N–C) groups is 1. The van der Waals surface area contributed by atoms with Crippen molar-refractivity contribution in [3.63, 3.8) is 0 Å². The Labute approximate surface area is 262 Å². The Bertz CT molecular complexity index is 1600. The van der Waals surface area contributed by atoms with Crippen LogP contribution in [0.25, 0.3) is 10.4 Å². The number of azide groups is 1. The number of carbonyl (C=O) groups is 1. The summed E-state index contributed by atoms with van der Waals surface area (Å²) in [7, 11) is 0. The van der Waals surface area contributed by atoms with Gasteiger partial charge in [0, 0.05) is 48.1 Å². The van der Waals surface area contributed by atoms with Crippen molar-refractivity contribution in [3.05, 3.63) is 142 Å². The Balaban J connectivity index is 1.42. The SMILES string of the molecule is C[C@@H]1OC(c2ccc(OCCCO)cc2)=N[C@]1(Cc1ccccc1N=[N+]=[N-])C(=O)NNCC(c1ccccc1)c1ccccc1. The number of hydrogen-bond donors (Lipinski definition) is 3. The number of carbonyl (C=O) groups excluding carboxylic acids is 1. The first-order valence-corrected chi connectivity index (χ1v) is 14.9. The third kappa shape index (κ3) is 7.50. The van der Waals surface area contributed by atoms with Crippen LogP contribution in [-0.4, -0.2) is 48.3 Å². The second-order valence-corrected chi connectivity index (χ2v) is 10.8. The average molecular weight is 605 g/mol. The largest absolute Gasteiger partial charge is 0.494 e. The Morgan fingerprint density at radius 2 is 1.64 bits per heavy atom. The van der Waals surface area contributed by atoms with Gasteiger partial charge in [0.25, 0.3) is 5.91 Å². The zero-order valence-corrected chi connectivity index (χ0v) is 25.0. The lowest BCUT2D eigenvalue weighted by Crippen LogP contribution is -2.56. The molecule has 0 radical (unpaired) electrons. The standard InChI is InChI=1S/C35H36N6O4/c1-25-35(23-29-15-8-9-16-32(29)39-41-36,38-33(45-25)28-17-19-30(20-18-28)44-22-10-21-42)34(43)40-37-24-31(26-11-4-2-5-12-26)27-13-6-3-7-14-27/h2-9,11-20,25,31,37,42H,10,21-24H2,1H3,(H,40,43)/t25-,35-/m0/s1. The van der Waals surface area contributed by atoms with E-state index < -0.39 is 11.6 Å². The summed E-state index contributed by atoms with van der Waals surface area (Å²) in [5, 5.41) is 12.9. The van der Waals surface area contributed by atoms with Crippen LogP contribution in [0.4, 0.5) is 5.69 Å². The number of benzene rings is 4. The molecule has 45 heavy (non-hydrogen) atoms. The molecule has 4 aromatic rings. The van der Waals surface area contributed by atoms with Crippen LogP contribution in [0.15, 0.2) is 119 Å². The lowest BCUT2D eigenvalue weighted by atomic mass is 9.85. The lowest BCUT2D eigenvalue weighted by molar-refractivity contribution is -0.129. The van der Waals surface area contributed by atoms with E-state index in [1.165, 1.54) is 0 Å². The van der Waals surface area contributed by atoms with Crippen molar-refractivity contribution < 1.29 is 19.4 Å². The molecular formula is C35H36N6O4. The first-order valence-electron chi connectivity index (χ1n) is 14.9. The van der Waals surface area contributed by atoms with Crippen LogP contribution in [0.1, 0.15) is 41.5 Å². The Morgan fingerprint density at radius 3 is 2.29 bits per heavy atom. The Hall–Kier alpha value is -5.15. The van der Waals surface area contributed by atoms with Crippen molar-refractivity contribution in [2.75, 3.05) is 19.8 Å². The number of nitrogens with one attached hydrogen (secondary N) is 2. The number of aliphatic hydroxyl groups excluding tert-OH is 1. The molecule has 0 saturated carbocycles. The fourth-order valence-electron chi connectivity index (χ4n) is 5.38. The molecule has 0 aromatic heterocycles. The van der Waals surface area contributed by atoms with Gasteiger partial charge in [-0.25, -0.2) is 10.4 Å². The third-order valence-corrected chi connectivity index (χ3v) is 7.84. The normalized spacial score (nSPS) is 17.2. The van der Waals surface area contributed by atoms with Crippen molar-refractivity contribution >= 4 is 17.5 Å². The summed E-state index contributed by atoms with van der Waals surface area (Å²) < 4.78 is 11.9. The van der Waals surface area contributed by atoms with Gasteiger partial charge in [0.05, 0.1) is 6.61 Å². The van der Waals surface area contributed by atoms with Crippen LogP contribution < -0.4 is 15.6 Å². The van der Waals surface area contributed by atoms with Crippen molar-refractivity contribution in [1.29, 1.82) is 0 Å². The van der Waals surface area contributed by atoms with E-state index >= 15 is 0 Å². The lowest BCUT2D eigenvalue weighted by Gasteiger charge is -2.29. The van der Waals surface area contributed by atoms with E-state index in [4.69, 9.17) is 25.1 Å². The second kappa shape index (κ2) is 15.0. The molecule has 1 heterocycles. The van der Waals surface area contributed by atoms with Gasteiger partial charge < -0.3 is 14.6 Å². The maximum absolute atomic E-state index is 14.2. The molecule has 0 unspecified atom stereocenters. The highest BCUT2D eigenvalue weighted by Crippen LogP contribution is 2.35. The van der Waals surface area contributed by atoms with E-state index in [0.29, 0.717) is 48.0 Å². The molecule has 230 valence electrons. The van der Waals surface area contributed by atoms with E-state index in [0.717, 1.165) is 11.1 Å². The Morgan fingerprint density at radius 1 is 1.00 bits per heavy atom. The molecule has 2 atom stereocenters. The summed E-state index contributed by atoms with van der Waals surface area (Å²) in [5.41, 5.74) is 17.9. The first kappa shape index (κ1) is 31.3. The van der Waals surface area contributed by atoms with Gasteiger partial charge in [-0.1, -0.05) is 90.0 Å². The minimum Gasteiger partial charge on any atom is -0.494 e. The molecule has 4 aromatic carbocycles. The Kier molecular flexibility index (Phi) is 10.4. The molecule has 0 aliphatic carbocycles. The number of hydrogen-bond acceptors (Lipinski definition) is 7. The molecule has 0 spiro atoms. The van der Waals surface area contributed by atoms with E-state index in [1.807, 2.05) is 67.6 Å². The van der Waals surface area contributed by atoms with E-state index in [2.05, 4.69) is 45.1 Å². The molecule has 1 aliphatic heterocycles. The van der Waals surface area contributed by atoms with Gasteiger partial charge in [-0.3, -0.25) is 10.2 Å². The van der Waals surface area contributed by atoms with Crippen LogP contribution in [0, 0.1) is 0 Å². The van der Waals surface area contributed by atoms with Gasteiger partial charge in [0.2, 0.25) is 5.90 Å². The summed E-state index contributed by atoms with van der Waals surface area (Å²) >= 11 is 0. The van der Waals surface area contributed by atoms with Crippen LogP contribution in [0.3, 0.4) is 0 Å². The molecule has 0 fully saturated rings. The van der Waals surface area contributed by atoms with Crippen molar-refractivity contribution in [1.82, 2.24) is 10.9 Å². The molecule has 10 heteroatoms. The summed E-state index contributed by atoms with van der Waals surface area (Å²) in [6.07, 6.45) is 0.0342. The summed E-state index contributed by atoms with van der Waals surface area (Å²) in [6.45, 7) is 2.71. The quantitative estimate of drug-likeness (QED) is 0.0533. The highest BCUT2D eigenvalue weighted by atomic mass is 16.5. The monoisotopic (exact) mass is 604 g/mol. The smallest absolute Gasteiger partial charge is 0.266 e. The minimum absolute atomic E-state index is 0.0104. The number of amides is 1. The second-order valence-electron chi connectivity index (χ2n) is 10.8. The fourth-order valence-corrected chi connectivity index (χ4v) is 5.38. The van der Waals surface area contributed by atoms with Gasteiger partial charge in [-0.15, -0.1) is 0 Å². The maximum atomic E-state index is 14.2. The molecule has 0 saturated heterocycles. The molecule has 1 amide bonds. The number of ether oxygens (including phenoxy) is 2. The maximum Gasteiger partial charge on any atom is 0.266 e. The molecule has 10 nitrogen and oxygen atoms in total. The zero-order chi connectivity index (χ0) is 31.5. The molecule has 0 bridgehead atoms. The first-order chi connectivity index (χ1) is 22.0. The van der Waals surface area contributed by atoms with Gasteiger partial charge in [-0.2, -0.15) is 0 Å². The van der Waals surface area contributed by atoms with Crippen LogP contribution >= 0.6 is 0 Å². The van der Waals surface area contributed by atoms with E-state index in [9.17, 15) is 4.79 Å². The van der Waals surface area contributed by atoms with Gasteiger partial charge in [-0.05, 0) is 53.4 Å². The highest BCUT2D eigenvalue weighted by molar-refractivity contribution is 6.00. The summed E-state index contributed by atoms with van der Waals surface area (Å²) in [4.78, 5) is 22.1. The zero-order valence-electron chi connectivity index (χ0n) is 25.0. The molecule has 1 aliphatic rings. The number of hydrazine groups is 1. The highest BCUT2D eigenvalue weighted by Gasteiger charge is 2.50. The van der Waals surface area contributed by atoms with Gasteiger partial charge >= 0.3 is 0 Å². The summed E-state index contributed by atoms with van der Waals surface area (Å²) in [5.74, 6) is 0.599. The molecule has 5 rings (SSSR count). The number of nitrogens with zero attached hydrogens (tertiary/aromatic N) is 4. The van der Waals surface area contributed by atoms with E-state index in [1.54, 1.807) is 24.3 Å². The number of rotatable bonds is 14. The van der Waals surface area contributed by atoms with Crippen molar-refractivity contribution in [3.8, 4) is 5.75 Å². The third-order valence-electron chi connectivity index (χ3n) is 7.84. The minimum atomic E-state index is -1.37. The number of aliphatic hydroxyl groups is 1. The molecule has 3 N–H and O–H groups in total. The average Bonchev–Trinajstić information content (AvgIpc) is 3.41.